The number of piperidine rings is 1. The van der Waals surface area contributed by atoms with E-state index < -0.39 is 0 Å². The van der Waals surface area contributed by atoms with Crippen molar-refractivity contribution in [2.75, 3.05) is 26.2 Å². The highest BCUT2D eigenvalue weighted by molar-refractivity contribution is 5.79. The molecule has 2 aliphatic rings. The molecule has 0 aromatic rings. The van der Waals surface area contributed by atoms with Gasteiger partial charge in [-0.05, 0) is 39.2 Å². The van der Waals surface area contributed by atoms with Gasteiger partial charge in [0, 0.05) is 31.7 Å². The van der Waals surface area contributed by atoms with Crippen LogP contribution >= 0.6 is 0 Å². The zero-order valence-corrected chi connectivity index (χ0v) is 11.9. The second-order valence-corrected chi connectivity index (χ2v) is 6.15. The first kappa shape index (κ1) is 13.8. The van der Waals surface area contributed by atoms with Crippen LogP contribution in [0.2, 0.25) is 0 Å². The lowest BCUT2D eigenvalue weighted by Gasteiger charge is -2.35. The Morgan fingerprint density at radius 2 is 1.94 bits per heavy atom. The maximum Gasteiger partial charge on any atom is 0.224 e. The van der Waals surface area contributed by atoms with Crippen molar-refractivity contribution in [2.45, 2.75) is 45.7 Å². The summed E-state index contributed by atoms with van der Waals surface area (Å²) in [5.74, 6) is 0.907. The van der Waals surface area contributed by atoms with Crippen LogP contribution in [-0.2, 0) is 4.79 Å². The van der Waals surface area contributed by atoms with Crippen LogP contribution in [0.15, 0.2) is 0 Å². The summed E-state index contributed by atoms with van der Waals surface area (Å²) in [6.45, 7) is 10.7. The molecule has 2 aliphatic heterocycles. The Morgan fingerprint density at radius 1 is 1.28 bits per heavy atom. The van der Waals surface area contributed by atoms with Crippen molar-refractivity contribution < 1.29 is 4.79 Å². The topological polar surface area (TPSA) is 44.4 Å². The van der Waals surface area contributed by atoms with Gasteiger partial charge in [-0.1, -0.05) is 6.92 Å². The molecule has 2 atom stereocenters. The number of rotatable bonds is 3. The molecule has 2 saturated heterocycles. The summed E-state index contributed by atoms with van der Waals surface area (Å²) >= 11 is 0. The van der Waals surface area contributed by atoms with E-state index in [4.69, 9.17) is 0 Å². The predicted molar refractivity (Wildman–Crippen MR) is 73.4 cm³/mol. The number of hydrogen-bond donors (Lipinski definition) is 2. The average Bonchev–Trinajstić information content (AvgIpc) is 2.76. The van der Waals surface area contributed by atoms with Crippen molar-refractivity contribution in [3.05, 3.63) is 0 Å². The van der Waals surface area contributed by atoms with Crippen molar-refractivity contribution in [2.24, 2.45) is 11.8 Å². The minimum Gasteiger partial charge on any atom is -0.353 e. The van der Waals surface area contributed by atoms with Crippen LogP contribution < -0.4 is 10.6 Å². The SMILES string of the molecule is CC(C)N1CCC(NC(=O)[C@@H]2CNC[C@H]2C)CC1. The zero-order valence-electron chi connectivity index (χ0n) is 11.9. The van der Waals surface area contributed by atoms with Gasteiger partial charge >= 0.3 is 0 Å². The zero-order chi connectivity index (χ0) is 13.1. The number of likely N-dealkylation sites (tertiary alicyclic amines) is 1. The molecule has 2 heterocycles. The van der Waals surface area contributed by atoms with Crippen molar-refractivity contribution in [1.29, 1.82) is 0 Å². The molecular weight excluding hydrogens is 226 g/mol. The van der Waals surface area contributed by atoms with E-state index in [2.05, 4.69) is 36.3 Å². The van der Waals surface area contributed by atoms with Gasteiger partial charge < -0.3 is 15.5 Å². The van der Waals surface area contributed by atoms with Crippen LogP contribution in [0.1, 0.15) is 33.6 Å². The fourth-order valence-electron chi connectivity index (χ4n) is 3.03. The Labute approximate surface area is 110 Å². The largest absolute Gasteiger partial charge is 0.353 e. The van der Waals surface area contributed by atoms with Gasteiger partial charge in [-0.15, -0.1) is 0 Å². The minimum atomic E-state index is 0.174. The Kier molecular flexibility index (Phi) is 4.62. The third-order valence-electron chi connectivity index (χ3n) is 4.46. The number of carbonyl (C=O) groups is 1. The minimum absolute atomic E-state index is 0.174. The smallest absolute Gasteiger partial charge is 0.224 e. The lowest BCUT2D eigenvalue weighted by atomic mass is 9.96. The van der Waals surface area contributed by atoms with Crippen LogP contribution in [0.3, 0.4) is 0 Å². The van der Waals surface area contributed by atoms with E-state index in [1.54, 1.807) is 0 Å². The molecule has 4 heteroatoms. The fourth-order valence-corrected chi connectivity index (χ4v) is 3.03. The molecule has 0 unspecified atom stereocenters. The molecule has 0 spiro atoms. The molecular formula is C14H27N3O. The first-order valence-electron chi connectivity index (χ1n) is 7.33. The van der Waals surface area contributed by atoms with Gasteiger partial charge in [0.05, 0.1) is 5.92 Å². The Bertz CT molecular complexity index is 285. The van der Waals surface area contributed by atoms with Crippen LogP contribution in [-0.4, -0.2) is 49.1 Å². The summed E-state index contributed by atoms with van der Waals surface area (Å²) in [6, 6.07) is 1.01. The van der Waals surface area contributed by atoms with Gasteiger partial charge in [-0.25, -0.2) is 0 Å². The number of hydrogen-bond acceptors (Lipinski definition) is 3. The van der Waals surface area contributed by atoms with E-state index in [0.29, 0.717) is 18.0 Å². The highest BCUT2D eigenvalue weighted by Gasteiger charge is 2.31. The Hall–Kier alpha value is -0.610. The lowest BCUT2D eigenvalue weighted by Crippen LogP contribution is -2.48. The van der Waals surface area contributed by atoms with Gasteiger partial charge in [0.2, 0.25) is 5.91 Å². The first-order chi connectivity index (χ1) is 8.58. The molecule has 0 aromatic heterocycles. The third kappa shape index (κ3) is 3.23. The highest BCUT2D eigenvalue weighted by Crippen LogP contribution is 2.18. The van der Waals surface area contributed by atoms with Gasteiger partial charge in [-0.2, -0.15) is 0 Å². The molecule has 0 radical (unpaired) electrons. The van der Waals surface area contributed by atoms with Gasteiger partial charge in [0.25, 0.3) is 0 Å². The normalized spacial score (nSPS) is 30.9. The molecule has 1 amide bonds. The summed E-state index contributed by atoms with van der Waals surface area (Å²) in [6.07, 6.45) is 2.19. The fraction of sp³-hybridized carbons (Fsp3) is 0.929. The van der Waals surface area contributed by atoms with Crippen molar-refractivity contribution in [3.8, 4) is 0 Å². The van der Waals surface area contributed by atoms with E-state index in [9.17, 15) is 4.79 Å². The molecule has 0 aliphatic carbocycles. The number of nitrogens with one attached hydrogen (secondary N) is 2. The Morgan fingerprint density at radius 3 is 2.44 bits per heavy atom. The van der Waals surface area contributed by atoms with Crippen LogP contribution in [0.5, 0.6) is 0 Å². The Balaban J connectivity index is 1.76. The number of carbonyl (C=O) groups excluding carboxylic acids is 1. The van der Waals surface area contributed by atoms with E-state index in [0.717, 1.165) is 39.0 Å². The van der Waals surface area contributed by atoms with Gasteiger partial charge in [-0.3, -0.25) is 4.79 Å². The molecule has 2 rings (SSSR count). The first-order valence-corrected chi connectivity index (χ1v) is 7.33. The van der Waals surface area contributed by atoms with Gasteiger partial charge in [0.1, 0.15) is 0 Å². The average molecular weight is 253 g/mol. The highest BCUT2D eigenvalue weighted by atomic mass is 16.2. The van der Waals surface area contributed by atoms with Crippen molar-refractivity contribution >= 4 is 5.91 Å². The van der Waals surface area contributed by atoms with E-state index in [-0.39, 0.29) is 11.8 Å². The van der Waals surface area contributed by atoms with Gasteiger partial charge in [0.15, 0.2) is 0 Å². The summed E-state index contributed by atoms with van der Waals surface area (Å²) in [5, 5.41) is 6.54. The van der Waals surface area contributed by atoms with Crippen LogP contribution in [0.4, 0.5) is 0 Å². The van der Waals surface area contributed by atoms with Crippen molar-refractivity contribution in [1.82, 2.24) is 15.5 Å². The van der Waals surface area contributed by atoms with E-state index in [1.165, 1.54) is 0 Å². The van der Waals surface area contributed by atoms with Crippen LogP contribution in [0.25, 0.3) is 0 Å². The second-order valence-electron chi connectivity index (χ2n) is 6.15. The van der Waals surface area contributed by atoms with Crippen molar-refractivity contribution in [3.63, 3.8) is 0 Å². The molecule has 18 heavy (non-hydrogen) atoms. The maximum absolute atomic E-state index is 12.2. The van der Waals surface area contributed by atoms with Crippen LogP contribution in [0, 0.1) is 11.8 Å². The summed E-state index contributed by atoms with van der Waals surface area (Å²) in [4.78, 5) is 14.7. The van der Waals surface area contributed by atoms with E-state index in [1.807, 2.05) is 0 Å². The summed E-state index contributed by atoms with van der Waals surface area (Å²) in [7, 11) is 0. The molecule has 2 N–H and O–H groups in total. The van der Waals surface area contributed by atoms with E-state index >= 15 is 0 Å². The molecule has 2 fully saturated rings. The second kappa shape index (κ2) is 6.02. The maximum atomic E-state index is 12.2. The third-order valence-corrected chi connectivity index (χ3v) is 4.46. The molecule has 0 bridgehead atoms. The molecule has 0 aromatic carbocycles. The monoisotopic (exact) mass is 253 g/mol. The number of nitrogens with zero attached hydrogens (tertiary/aromatic N) is 1. The number of amides is 1. The molecule has 4 nitrogen and oxygen atoms in total. The summed E-state index contributed by atoms with van der Waals surface area (Å²) < 4.78 is 0. The lowest BCUT2D eigenvalue weighted by molar-refractivity contribution is -0.126. The summed E-state index contributed by atoms with van der Waals surface area (Å²) in [5.41, 5.74) is 0. The predicted octanol–water partition coefficient (Wildman–Crippen LogP) is 0.831. The molecule has 104 valence electrons. The molecule has 0 saturated carbocycles. The quantitative estimate of drug-likeness (QED) is 0.783. The standard InChI is InChI=1S/C14H27N3O/c1-10(2)17-6-4-12(5-7-17)16-14(18)13-9-15-8-11(13)3/h10-13,15H,4-9H2,1-3H3,(H,16,18)/t11-,13-/m1/s1.